The Morgan fingerprint density at radius 1 is 1.14 bits per heavy atom. The number of amides is 2. The molecule has 7 heteroatoms. The van der Waals surface area contributed by atoms with Gasteiger partial charge in [0, 0.05) is 5.69 Å². The Balaban J connectivity index is 2.67. The number of rotatable bonds is 5. The second-order valence-electron chi connectivity index (χ2n) is 4.73. The molecular formula is C14H18N2O5. The van der Waals surface area contributed by atoms with Crippen LogP contribution in [0.25, 0.3) is 0 Å². The third-order valence-corrected chi connectivity index (χ3v) is 2.80. The number of methoxy groups -OCH3 is 1. The molecule has 1 atom stereocenters. The fourth-order valence-corrected chi connectivity index (χ4v) is 1.63. The van der Waals surface area contributed by atoms with Crippen molar-refractivity contribution in [2.24, 2.45) is 5.92 Å². The molecule has 0 aliphatic heterocycles. The lowest BCUT2D eigenvalue weighted by Crippen LogP contribution is -2.46. The predicted molar refractivity (Wildman–Crippen MR) is 76.2 cm³/mol. The van der Waals surface area contributed by atoms with Crippen LogP contribution in [0.3, 0.4) is 0 Å². The quantitative estimate of drug-likeness (QED) is 0.717. The minimum Gasteiger partial charge on any atom is -0.478 e. The monoisotopic (exact) mass is 294 g/mol. The summed E-state index contributed by atoms with van der Waals surface area (Å²) < 4.78 is 4.62. The highest BCUT2D eigenvalue weighted by Crippen LogP contribution is 2.10. The number of carbonyl (C=O) groups excluding carboxylic acids is 2. The Labute approximate surface area is 122 Å². The maximum atomic E-state index is 11.8. The maximum Gasteiger partial charge on any atom is 0.335 e. The van der Waals surface area contributed by atoms with Gasteiger partial charge in [0.2, 0.25) is 0 Å². The van der Waals surface area contributed by atoms with E-state index in [1.165, 1.54) is 31.4 Å². The van der Waals surface area contributed by atoms with E-state index in [0.717, 1.165) is 0 Å². The Morgan fingerprint density at radius 3 is 2.14 bits per heavy atom. The summed E-state index contributed by atoms with van der Waals surface area (Å²) in [4.78, 5) is 34.1. The summed E-state index contributed by atoms with van der Waals surface area (Å²) >= 11 is 0. The number of hydrogen-bond donors (Lipinski definition) is 3. The number of hydrogen-bond acceptors (Lipinski definition) is 4. The van der Waals surface area contributed by atoms with Crippen molar-refractivity contribution in [3.63, 3.8) is 0 Å². The van der Waals surface area contributed by atoms with E-state index in [-0.39, 0.29) is 11.5 Å². The van der Waals surface area contributed by atoms with Gasteiger partial charge >= 0.3 is 18.0 Å². The number of aromatic carboxylic acids is 1. The summed E-state index contributed by atoms with van der Waals surface area (Å²) in [5.41, 5.74) is 0.542. The van der Waals surface area contributed by atoms with Gasteiger partial charge in [0.15, 0.2) is 0 Å². The van der Waals surface area contributed by atoms with E-state index < -0.39 is 24.0 Å². The molecule has 0 aromatic heterocycles. The van der Waals surface area contributed by atoms with Crippen LogP contribution in [0, 0.1) is 5.92 Å². The Bertz CT molecular complexity index is 525. The van der Waals surface area contributed by atoms with E-state index in [0.29, 0.717) is 5.69 Å². The highest BCUT2D eigenvalue weighted by atomic mass is 16.5. The number of ether oxygens (including phenoxy) is 1. The van der Waals surface area contributed by atoms with E-state index in [2.05, 4.69) is 15.4 Å². The highest BCUT2D eigenvalue weighted by molar-refractivity contribution is 5.93. The first-order chi connectivity index (χ1) is 9.85. The van der Waals surface area contributed by atoms with Crippen LogP contribution in [0.15, 0.2) is 24.3 Å². The summed E-state index contributed by atoms with van der Waals surface area (Å²) in [6.07, 6.45) is 0. The van der Waals surface area contributed by atoms with Crippen LogP contribution in [-0.4, -0.2) is 36.2 Å². The first-order valence-electron chi connectivity index (χ1n) is 6.34. The molecule has 0 aliphatic carbocycles. The van der Waals surface area contributed by atoms with Gasteiger partial charge in [-0.2, -0.15) is 0 Å². The molecule has 21 heavy (non-hydrogen) atoms. The molecule has 1 unspecified atom stereocenters. The molecule has 7 nitrogen and oxygen atoms in total. The number of carboxylic acid groups (broad SMARTS) is 1. The second-order valence-corrected chi connectivity index (χ2v) is 4.73. The van der Waals surface area contributed by atoms with Crippen LogP contribution in [-0.2, 0) is 9.53 Å². The molecule has 1 rings (SSSR count). The molecule has 0 saturated carbocycles. The van der Waals surface area contributed by atoms with E-state index in [4.69, 9.17) is 5.11 Å². The average molecular weight is 294 g/mol. The number of nitrogens with one attached hydrogen (secondary N) is 2. The van der Waals surface area contributed by atoms with Gasteiger partial charge in [0.1, 0.15) is 6.04 Å². The molecule has 1 aromatic rings. The molecule has 0 spiro atoms. The average Bonchev–Trinajstić information content (AvgIpc) is 2.44. The molecule has 0 bridgehead atoms. The Morgan fingerprint density at radius 2 is 1.71 bits per heavy atom. The number of esters is 1. The molecule has 3 N–H and O–H groups in total. The fraction of sp³-hybridized carbons (Fsp3) is 0.357. The molecule has 0 heterocycles. The first kappa shape index (κ1) is 16.5. The Kier molecular flexibility index (Phi) is 5.71. The topological polar surface area (TPSA) is 105 Å². The number of urea groups is 1. The van der Waals surface area contributed by atoms with Gasteiger partial charge in [-0.3, -0.25) is 0 Å². The molecule has 0 fully saturated rings. The van der Waals surface area contributed by atoms with Crippen molar-refractivity contribution in [2.75, 3.05) is 12.4 Å². The van der Waals surface area contributed by atoms with Crippen LogP contribution in [0.1, 0.15) is 24.2 Å². The van der Waals surface area contributed by atoms with Gasteiger partial charge < -0.3 is 20.5 Å². The van der Waals surface area contributed by atoms with Crippen molar-refractivity contribution in [3.05, 3.63) is 29.8 Å². The highest BCUT2D eigenvalue weighted by Gasteiger charge is 2.24. The third-order valence-electron chi connectivity index (χ3n) is 2.80. The van der Waals surface area contributed by atoms with Gasteiger partial charge in [-0.05, 0) is 30.2 Å². The third kappa shape index (κ3) is 4.79. The van der Waals surface area contributed by atoms with Gasteiger partial charge in [-0.25, -0.2) is 14.4 Å². The van der Waals surface area contributed by atoms with Crippen molar-refractivity contribution >= 4 is 23.7 Å². The smallest absolute Gasteiger partial charge is 0.335 e. The SMILES string of the molecule is COC(=O)C(NC(=O)Nc1ccc(C(=O)O)cc1)C(C)C. The van der Waals surface area contributed by atoms with Crippen LogP contribution in [0.2, 0.25) is 0 Å². The van der Waals surface area contributed by atoms with Crippen LogP contribution < -0.4 is 10.6 Å². The summed E-state index contributed by atoms with van der Waals surface area (Å²) in [5.74, 6) is -1.70. The largest absolute Gasteiger partial charge is 0.478 e. The van der Waals surface area contributed by atoms with Crippen LogP contribution >= 0.6 is 0 Å². The van der Waals surface area contributed by atoms with Crippen molar-refractivity contribution in [3.8, 4) is 0 Å². The lowest BCUT2D eigenvalue weighted by Gasteiger charge is -2.20. The molecule has 114 valence electrons. The zero-order chi connectivity index (χ0) is 16.0. The van der Waals surface area contributed by atoms with E-state index >= 15 is 0 Å². The zero-order valence-electron chi connectivity index (χ0n) is 12.0. The van der Waals surface area contributed by atoms with E-state index in [1.54, 1.807) is 13.8 Å². The van der Waals surface area contributed by atoms with Gasteiger partial charge in [-0.15, -0.1) is 0 Å². The van der Waals surface area contributed by atoms with Crippen molar-refractivity contribution in [1.82, 2.24) is 5.32 Å². The first-order valence-corrected chi connectivity index (χ1v) is 6.34. The standard InChI is InChI=1S/C14H18N2O5/c1-8(2)11(13(19)21-3)16-14(20)15-10-6-4-9(5-7-10)12(17)18/h4-8,11H,1-3H3,(H,17,18)(H2,15,16,20). The summed E-state index contributed by atoms with van der Waals surface area (Å²) in [6.45, 7) is 3.56. The lowest BCUT2D eigenvalue weighted by atomic mass is 10.1. The molecule has 2 amide bonds. The number of anilines is 1. The van der Waals surface area contributed by atoms with Crippen LogP contribution in [0.4, 0.5) is 10.5 Å². The molecular weight excluding hydrogens is 276 g/mol. The summed E-state index contributed by atoms with van der Waals surface area (Å²) in [7, 11) is 1.25. The van der Waals surface area contributed by atoms with Crippen molar-refractivity contribution in [2.45, 2.75) is 19.9 Å². The van der Waals surface area contributed by atoms with E-state index in [1.807, 2.05) is 0 Å². The van der Waals surface area contributed by atoms with Gasteiger partial charge in [0.25, 0.3) is 0 Å². The van der Waals surface area contributed by atoms with E-state index in [9.17, 15) is 14.4 Å². The van der Waals surface area contributed by atoms with Crippen LogP contribution in [0.5, 0.6) is 0 Å². The summed E-state index contributed by atoms with van der Waals surface area (Å²) in [6, 6.07) is 4.35. The zero-order valence-corrected chi connectivity index (χ0v) is 12.0. The number of benzene rings is 1. The second kappa shape index (κ2) is 7.28. The number of carbonyl (C=O) groups is 3. The summed E-state index contributed by atoms with van der Waals surface area (Å²) in [5, 5.41) is 13.8. The van der Waals surface area contributed by atoms with Crippen molar-refractivity contribution in [1.29, 1.82) is 0 Å². The van der Waals surface area contributed by atoms with Crippen molar-refractivity contribution < 1.29 is 24.2 Å². The lowest BCUT2D eigenvalue weighted by molar-refractivity contribution is -0.143. The molecule has 0 radical (unpaired) electrons. The minimum absolute atomic E-state index is 0.121. The Hall–Kier alpha value is -2.57. The predicted octanol–water partition coefficient (Wildman–Crippen LogP) is 1.70. The minimum atomic E-state index is -1.04. The van der Waals surface area contributed by atoms with Gasteiger partial charge in [0.05, 0.1) is 12.7 Å². The maximum absolute atomic E-state index is 11.8. The molecule has 1 aromatic carbocycles. The fourth-order valence-electron chi connectivity index (χ4n) is 1.63. The normalized spacial score (nSPS) is 11.6. The molecule has 0 aliphatic rings. The molecule has 0 saturated heterocycles. The van der Waals surface area contributed by atoms with Gasteiger partial charge in [-0.1, -0.05) is 13.8 Å². The number of carboxylic acids is 1.